The quantitative estimate of drug-likeness (QED) is 0.313. The molecule has 1 saturated heterocycles. The van der Waals surface area contributed by atoms with Crippen LogP contribution >= 0.6 is 0 Å². The number of hydrogen-bond acceptors (Lipinski definition) is 5. The van der Waals surface area contributed by atoms with Crippen LogP contribution in [0.25, 0.3) is 0 Å². The van der Waals surface area contributed by atoms with Crippen molar-refractivity contribution in [2.45, 2.75) is 19.5 Å². The molecule has 2 N–H and O–H groups in total. The third-order valence-corrected chi connectivity index (χ3v) is 6.36. The number of hydrazine groups is 1. The van der Waals surface area contributed by atoms with Crippen molar-refractivity contribution in [3.8, 4) is 0 Å². The molecule has 35 heavy (non-hydrogen) atoms. The molecule has 6 nitrogen and oxygen atoms in total. The fraction of sp³-hybridized carbons (Fsp3) is 0.345. The molecule has 6 heteroatoms. The molecule has 0 aliphatic carbocycles. The summed E-state index contributed by atoms with van der Waals surface area (Å²) in [6, 6.07) is 30.9. The molecule has 0 bridgehead atoms. The summed E-state index contributed by atoms with van der Waals surface area (Å²) in [7, 11) is 0. The fourth-order valence-electron chi connectivity index (χ4n) is 4.35. The second kappa shape index (κ2) is 13.6. The summed E-state index contributed by atoms with van der Waals surface area (Å²) in [5.74, 6) is 0.0202. The molecule has 4 rings (SSSR count). The minimum atomic E-state index is 0.0202. The van der Waals surface area contributed by atoms with E-state index in [9.17, 15) is 4.79 Å². The smallest absolute Gasteiger partial charge is 0.239 e. The van der Waals surface area contributed by atoms with Gasteiger partial charge in [-0.15, -0.1) is 0 Å². The SMILES string of the molecule is O=C(CCNCCN1CCN(Cc2ccccc2)CC1)NN(Cc1ccccc1)c1ccccc1. The minimum Gasteiger partial charge on any atom is -0.315 e. The Morgan fingerprint density at radius 3 is 1.94 bits per heavy atom. The molecule has 0 unspecified atom stereocenters. The van der Waals surface area contributed by atoms with Crippen molar-refractivity contribution in [1.82, 2.24) is 20.5 Å². The lowest BCUT2D eigenvalue weighted by Crippen LogP contribution is -2.47. The molecule has 3 aromatic rings. The van der Waals surface area contributed by atoms with Gasteiger partial charge in [-0.2, -0.15) is 0 Å². The lowest BCUT2D eigenvalue weighted by molar-refractivity contribution is -0.121. The highest BCUT2D eigenvalue weighted by atomic mass is 16.2. The Morgan fingerprint density at radius 1 is 0.714 bits per heavy atom. The first-order valence-electron chi connectivity index (χ1n) is 12.6. The Hall–Kier alpha value is -3.19. The summed E-state index contributed by atoms with van der Waals surface area (Å²) in [4.78, 5) is 17.7. The van der Waals surface area contributed by atoms with Crippen LogP contribution in [0, 0.1) is 0 Å². The van der Waals surface area contributed by atoms with Crippen LogP contribution < -0.4 is 15.8 Å². The summed E-state index contributed by atoms with van der Waals surface area (Å²) in [6.45, 7) is 8.66. The van der Waals surface area contributed by atoms with Crippen LogP contribution in [0.4, 0.5) is 5.69 Å². The molecule has 0 atom stereocenters. The molecule has 0 aromatic heterocycles. The van der Waals surface area contributed by atoms with E-state index in [1.807, 2.05) is 53.5 Å². The molecule has 1 amide bonds. The number of nitrogens with one attached hydrogen (secondary N) is 2. The van der Waals surface area contributed by atoms with Gasteiger partial charge in [0.15, 0.2) is 0 Å². The summed E-state index contributed by atoms with van der Waals surface area (Å²) < 4.78 is 0. The fourth-order valence-corrected chi connectivity index (χ4v) is 4.35. The summed E-state index contributed by atoms with van der Waals surface area (Å²) >= 11 is 0. The van der Waals surface area contributed by atoms with Crippen LogP contribution in [0.3, 0.4) is 0 Å². The number of rotatable bonds is 12. The third-order valence-electron chi connectivity index (χ3n) is 6.36. The van der Waals surface area contributed by atoms with Gasteiger partial charge in [0, 0.05) is 58.8 Å². The molecule has 184 valence electrons. The van der Waals surface area contributed by atoms with Crippen molar-refractivity contribution >= 4 is 11.6 Å². The Kier molecular flexibility index (Phi) is 9.71. The predicted molar refractivity (Wildman–Crippen MR) is 143 cm³/mol. The zero-order valence-corrected chi connectivity index (χ0v) is 20.5. The van der Waals surface area contributed by atoms with E-state index < -0.39 is 0 Å². The normalized spacial score (nSPS) is 14.5. The molecule has 1 aliphatic rings. The number of carbonyl (C=O) groups is 1. The maximum absolute atomic E-state index is 12.7. The van der Waals surface area contributed by atoms with Crippen LogP contribution in [0.2, 0.25) is 0 Å². The van der Waals surface area contributed by atoms with E-state index in [4.69, 9.17) is 0 Å². The topological polar surface area (TPSA) is 50.9 Å². The van der Waals surface area contributed by atoms with Gasteiger partial charge in [0.2, 0.25) is 5.91 Å². The van der Waals surface area contributed by atoms with Crippen molar-refractivity contribution in [1.29, 1.82) is 0 Å². The zero-order valence-electron chi connectivity index (χ0n) is 20.5. The largest absolute Gasteiger partial charge is 0.315 e. The van der Waals surface area contributed by atoms with Gasteiger partial charge in [-0.05, 0) is 23.3 Å². The van der Waals surface area contributed by atoms with Crippen LogP contribution in [0.5, 0.6) is 0 Å². The first kappa shape index (κ1) is 24.9. The van der Waals surface area contributed by atoms with Gasteiger partial charge >= 0.3 is 0 Å². The Labute approximate surface area is 209 Å². The minimum absolute atomic E-state index is 0.0202. The number of anilines is 1. The van der Waals surface area contributed by atoms with Crippen LogP contribution in [-0.2, 0) is 17.9 Å². The second-order valence-electron chi connectivity index (χ2n) is 9.05. The molecule has 0 spiro atoms. The molecular formula is C29H37N5O. The number of hydrogen-bond donors (Lipinski definition) is 2. The van der Waals surface area contributed by atoms with Gasteiger partial charge in [-0.1, -0.05) is 78.9 Å². The highest BCUT2D eigenvalue weighted by Crippen LogP contribution is 2.15. The van der Waals surface area contributed by atoms with E-state index in [0.29, 0.717) is 19.5 Å². The van der Waals surface area contributed by atoms with Crippen molar-refractivity contribution in [2.75, 3.05) is 50.8 Å². The van der Waals surface area contributed by atoms with E-state index in [1.165, 1.54) is 5.56 Å². The van der Waals surface area contributed by atoms with Gasteiger partial charge in [-0.3, -0.25) is 25.0 Å². The van der Waals surface area contributed by atoms with E-state index in [2.05, 4.69) is 63.0 Å². The molecular weight excluding hydrogens is 434 g/mol. The average Bonchev–Trinajstić information content (AvgIpc) is 2.91. The Balaban J connectivity index is 1.13. The van der Waals surface area contributed by atoms with Gasteiger partial charge in [0.1, 0.15) is 0 Å². The molecule has 3 aromatic carbocycles. The number of para-hydroxylation sites is 1. The van der Waals surface area contributed by atoms with E-state index in [-0.39, 0.29) is 5.91 Å². The van der Waals surface area contributed by atoms with Crippen molar-refractivity contribution in [3.63, 3.8) is 0 Å². The molecule has 1 heterocycles. The second-order valence-corrected chi connectivity index (χ2v) is 9.05. The molecule has 0 saturated carbocycles. The highest BCUT2D eigenvalue weighted by Gasteiger charge is 2.16. The van der Waals surface area contributed by atoms with Crippen LogP contribution in [-0.4, -0.2) is 61.5 Å². The summed E-state index contributed by atoms with van der Waals surface area (Å²) in [5.41, 5.74) is 6.60. The first-order valence-corrected chi connectivity index (χ1v) is 12.6. The summed E-state index contributed by atoms with van der Waals surface area (Å²) in [5, 5.41) is 5.37. The number of nitrogens with zero attached hydrogens (tertiary/aromatic N) is 3. The van der Waals surface area contributed by atoms with Gasteiger partial charge in [-0.25, -0.2) is 0 Å². The number of benzene rings is 3. The maximum Gasteiger partial charge on any atom is 0.239 e. The van der Waals surface area contributed by atoms with E-state index in [1.54, 1.807) is 0 Å². The van der Waals surface area contributed by atoms with Crippen LogP contribution in [0.1, 0.15) is 17.5 Å². The van der Waals surface area contributed by atoms with Crippen molar-refractivity contribution in [3.05, 3.63) is 102 Å². The molecule has 1 aliphatic heterocycles. The Bertz CT molecular complexity index is 991. The van der Waals surface area contributed by atoms with Gasteiger partial charge < -0.3 is 5.32 Å². The van der Waals surface area contributed by atoms with Crippen LogP contribution in [0.15, 0.2) is 91.0 Å². The standard InChI is InChI=1S/C29H37N5O/c35-29(31-34(28-14-8-3-9-15-28)25-27-12-6-2-7-13-27)16-17-30-18-19-32-20-22-33(23-21-32)24-26-10-4-1-5-11-26/h1-15,30H,16-25H2,(H,31,35). The maximum atomic E-state index is 12.7. The number of piperazine rings is 1. The summed E-state index contributed by atoms with van der Waals surface area (Å²) in [6.07, 6.45) is 0.447. The monoisotopic (exact) mass is 471 g/mol. The molecule has 1 fully saturated rings. The third kappa shape index (κ3) is 8.51. The number of amides is 1. The van der Waals surface area contributed by atoms with E-state index in [0.717, 1.165) is 57.1 Å². The zero-order chi connectivity index (χ0) is 24.1. The predicted octanol–water partition coefficient (Wildman–Crippen LogP) is 3.52. The van der Waals surface area contributed by atoms with Crippen molar-refractivity contribution in [2.24, 2.45) is 0 Å². The first-order chi connectivity index (χ1) is 17.3. The molecule has 0 radical (unpaired) electrons. The highest BCUT2D eigenvalue weighted by molar-refractivity contribution is 5.78. The Morgan fingerprint density at radius 2 is 1.29 bits per heavy atom. The van der Waals surface area contributed by atoms with Gasteiger partial charge in [0.05, 0.1) is 12.2 Å². The van der Waals surface area contributed by atoms with Gasteiger partial charge in [0.25, 0.3) is 0 Å². The van der Waals surface area contributed by atoms with E-state index >= 15 is 0 Å². The number of carbonyl (C=O) groups excluding carboxylic acids is 1. The lowest BCUT2D eigenvalue weighted by Gasteiger charge is -2.34. The van der Waals surface area contributed by atoms with Crippen molar-refractivity contribution < 1.29 is 4.79 Å². The lowest BCUT2D eigenvalue weighted by atomic mass is 10.2. The average molecular weight is 472 g/mol.